The SMILES string of the molecule is O=[C]C(CS)Cc1ccccc1. The molecular weight excluding hydrogens is 168 g/mol. The van der Waals surface area contributed by atoms with Gasteiger partial charge in [-0.3, -0.25) is 4.79 Å². The molecule has 0 heterocycles. The van der Waals surface area contributed by atoms with Gasteiger partial charge in [0.25, 0.3) is 0 Å². The van der Waals surface area contributed by atoms with Gasteiger partial charge in [-0.25, -0.2) is 0 Å². The van der Waals surface area contributed by atoms with Crippen LogP contribution in [0.15, 0.2) is 30.3 Å². The molecule has 0 bridgehead atoms. The predicted octanol–water partition coefficient (Wildman–Crippen LogP) is 1.88. The van der Waals surface area contributed by atoms with Crippen molar-refractivity contribution >= 4 is 18.9 Å². The minimum atomic E-state index is -0.0734. The third-order valence-electron chi connectivity index (χ3n) is 1.71. The van der Waals surface area contributed by atoms with E-state index in [2.05, 4.69) is 12.6 Å². The largest absolute Gasteiger partial charge is 0.291 e. The van der Waals surface area contributed by atoms with Crippen molar-refractivity contribution in [2.75, 3.05) is 5.75 Å². The lowest BCUT2D eigenvalue weighted by Gasteiger charge is -2.04. The maximum absolute atomic E-state index is 10.4. The van der Waals surface area contributed by atoms with E-state index in [9.17, 15) is 4.79 Å². The summed E-state index contributed by atoms with van der Waals surface area (Å²) in [4.78, 5) is 10.4. The normalized spacial score (nSPS) is 12.4. The van der Waals surface area contributed by atoms with Crippen LogP contribution in [0.2, 0.25) is 0 Å². The Bertz CT molecular complexity index is 233. The molecule has 1 radical (unpaired) electrons. The molecule has 1 rings (SSSR count). The molecule has 0 N–H and O–H groups in total. The average Bonchev–Trinajstić information content (AvgIpc) is 2.16. The van der Waals surface area contributed by atoms with Gasteiger partial charge in [-0.1, -0.05) is 30.3 Å². The second-order valence-corrected chi connectivity index (χ2v) is 3.05. The summed E-state index contributed by atoms with van der Waals surface area (Å²) in [5.41, 5.74) is 1.17. The Kier molecular flexibility index (Phi) is 3.88. The summed E-state index contributed by atoms with van der Waals surface area (Å²) >= 11 is 4.06. The Labute approximate surface area is 78.2 Å². The smallest absolute Gasteiger partial charge is 0.202 e. The lowest BCUT2D eigenvalue weighted by atomic mass is 10.0. The van der Waals surface area contributed by atoms with Crippen LogP contribution in [0, 0.1) is 5.92 Å². The fourth-order valence-electron chi connectivity index (χ4n) is 1.04. The fraction of sp³-hybridized carbons (Fsp3) is 0.300. The number of carbonyl (C=O) groups excluding carboxylic acids is 1. The van der Waals surface area contributed by atoms with Gasteiger partial charge >= 0.3 is 0 Å². The number of hydrogen-bond donors (Lipinski definition) is 1. The van der Waals surface area contributed by atoms with Crippen LogP contribution in [-0.2, 0) is 11.2 Å². The highest BCUT2D eigenvalue weighted by Crippen LogP contribution is 2.07. The van der Waals surface area contributed by atoms with E-state index in [0.717, 1.165) is 6.42 Å². The molecule has 0 saturated heterocycles. The molecule has 0 aliphatic rings. The molecular formula is C10H11OS. The predicted molar refractivity (Wildman–Crippen MR) is 53.2 cm³/mol. The molecule has 1 aromatic carbocycles. The van der Waals surface area contributed by atoms with Crippen molar-refractivity contribution in [1.82, 2.24) is 0 Å². The fourth-order valence-corrected chi connectivity index (χ4v) is 1.25. The summed E-state index contributed by atoms with van der Waals surface area (Å²) in [7, 11) is 0. The van der Waals surface area contributed by atoms with Gasteiger partial charge in [-0.2, -0.15) is 12.6 Å². The van der Waals surface area contributed by atoms with Crippen molar-refractivity contribution in [3.63, 3.8) is 0 Å². The van der Waals surface area contributed by atoms with E-state index in [1.54, 1.807) is 0 Å². The van der Waals surface area contributed by atoms with Gasteiger partial charge in [-0.15, -0.1) is 0 Å². The minimum Gasteiger partial charge on any atom is -0.291 e. The van der Waals surface area contributed by atoms with E-state index in [1.165, 1.54) is 5.56 Å². The van der Waals surface area contributed by atoms with Crippen LogP contribution in [0.25, 0.3) is 0 Å². The Morgan fingerprint density at radius 3 is 2.50 bits per heavy atom. The molecule has 1 aromatic rings. The Morgan fingerprint density at radius 1 is 1.33 bits per heavy atom. The monoisotopic (exact) mass is 179 g/mol. The standard InChI is InChI=1S/C10H11OS/c11-7-10(8-12)6-9-4-2-1-3-5-9/h1-5,10,12H,6,8H2. The summed E-state index contributed by atoms with van der Waals surface area (Å²) in [6.45, 7) is 0. The third-order valence-corrected chi connectivity index (χ3v) is 2.15. The molecule has 0 fully saturated rings. The van der Waals surface area contributed by atoms with E-state index in [1.807, 2.05) is 36.6 Å². The number of rotatable bonds is 4. The van der Waals surface area contributed by atoms with Crippen LogP contribution in [0.5, 0.6) is 0 Å². The van der Waals surface area contributed by atoms with E-state index < -0.39 is 0 Å². The first-order valence-corrected chi connectivity index (χ1v) is 4.52. The van der Waals surface area contributed by atoms with Crippen molar-refractivity contribution in [3.8, 4) is 0 Å². The maximum atomic E-state index is 10.4. The van der Waals surface area contributed by atoms with Crippen LogP contribution in [-0.4, -0.2) is 12.0 Å². The minimum absolute atomic E-state index is 0.0734. The van der Waals surface area contributed by atoms with Gasteiger partial charge in [0.15, 0.2) is 0 Å². The van der Waals surface area contributed by atoms with Gasteiger partial charge in [0, 0.05) is 11.7 Å². The van der Waals surface area contributed by atoms with Gasteiger partial charge in [0.05, 0.1) is 0 Å². The Morgan fingerprint density at radius 2 is 2.00 bits per heavy atom. The van der Waals surface area contributed by atoms with E-state index in [-0.39, 0.29) is 5.92 Å². The zero-order valence-corrected chi connectivity index (χ0v) is 7.63. The lowest BCUT2D eigenvalue weighted by Crippen LogP contribution is -2.07. The second kappa shape index (κ2) is 4.99. The molecule has 1 unspecified atom stereocenters. The van der Waals surface area contributed by atoms with Crippen LogP contribution in [0.3, 0.4) is 0 Å². The molecule has 1 nitrogen and oxygen atoms in total. The number of thiol groups is 1. The summed E-state index contributed by atoms with van der Waals surface area (Å²) in [6.07, 6.45) is 2.72. The average molecular weight is 179 g/mol. The second-order valence-electron chi connectivity index (χ2n) is 2.69. The molecule has 12 heavy (non-hydrogen) atoms. The molecule has 0 aliphatic carbocycles. The molecule has 0 aromatic heterocycles. The molecule has 0 amide bonds. The van der Waals surface area contributed by atoms with Crippen LogP contribution in [0.1, 0.15) is 5.56 Å². The summed E-state index contributed by atoms with van der Waals surface area (Å²) in [5, 5.41) is 0. The van der Waals surface area contributed by atoms with Crippen molar-refractivity contribution < 1.29 is 4.79 Å². The van der Waals surface area contributed by atoms with Gasteiger partial charge in [-0.05, 0) is 12.0 Å². The van der Waals surface area contributed by atoms with E-state index >= 15 is 0 Å². The quantitative estimate of drug-likeness (QED) is 0.698. The summed E-state index contributed by atoms with van der Waals surface area (Å²) in [5.74, 6) is 0.494. The summed E-state index contributed by atoms with van der Waals surface area (Å²) in [6, 6.07) is 9.91. The number of benzene rings is 1. The van der Waals surface area contributed by atoms with Gasteiger partial charge in [0.2, 0.25) is 6.29 Å². The first-order chi connectivity index (χ1) is 5.86. The highest BCUT2D eigenvalue weighted by Gasteiger charge is 2.05. The zero-order valence-electron chi connectivity index (χ0n) is 6.73. The van der Waals surface area contributed by atoms with Crippen molar-refractivity contribution in [2.45, 2.75) is 6.42 Å². The van der Waals surface area contributed by atoms with E-state index in [0.29, 0.717) is 5.75 Å². The first kappa shape index (κ1) is 9.33. The maximum Gasteiger partial charge on any atom is 0.202 e. The third kappa shape index (κ3) is 2.70. The van der Waals surface area contributed by atoms with E-state index in [4.69, 9.17) is 0 Å². The van der Waals surface area contributed by atoms with Gasteiger partial charge in [0.1, 0.15) is 0 Å². The molecule has 1 atom stereocenters. The first-order valence-electron chi connectivity index (χ1n) is 3.89. The van der Waals surface area contributed by atoms with Gasteiger partial charge < -0.3 is 0 Å². The molecule has 0 aliphatic heterocycles. The molecule has 0 spiro atoms. The Hall–Kier alpha value is -0.760. The summed E-state index contributed by atoms with van der Waals surface area (Å²) < 4.78 is 0. The molecule has 63 valence electrons. The van der Waals surface area contributed by atoms with Crippen LogP contribution >= 0.6 is 12.6 Å². The Balaban J connectivity index is 2.56. The highest BCUT2D eigenvalue weighted by molar-refractivity contribution is 7.80. The molecule has 0 saturated carbocycles. The topological polar surface area (TPSA) is 17.1 Å². The zero-order chi connectivity index (χ0) is 8.81. The number of hydrogen-bond acceptors (Lipinski definition) is 2. The van der Waals surface area contributed by atoms with Crippen molar-refractivity contribution in [3.05, 3.63) is 35.9 Å². The highest BCUT2D eigenvalue weighted by atomic mass is 32.1. The lowest BCUT2D eigenvalue weighted by molar-refractivity contribution is 0.530. The molecule has 2 heteroatoms. The van der Waals surface area contributed by atoms with Crippen molar-refractivity contribution in [1.29, 1.82) is 0 Å². The van der Waals surface area contributed by atoms with Crippen LogP contribution < -0.4 is 0 Å². The van der Waals surface area contributed by atoms with Crippen LogP contribution in [0.4, 0.5) is 0 Å². The van der Waals surface area contributed by atoms with Crippen molar-refractivity contribution in [2.24, 2.45) is 5.92 Å².